The van der Waals surface area contributed by atoms with Crippen LogP contribution in [0.2, 0.25) is 0 Å². The molecule has 8 nitrogen and oxygen atoms in total. The summed E-state index contributed by atoms with van der Waals surface area (Å²) in [6.45, 7) is 0. The van der Waals surface area contributed by atoms with Gasteiger partial charge in [-0.05, 0) is 36.1 Å². The van der Waals surface area contributed by atoms with Crippen LogP contribution in [0.15, 0.2) is 121 Å². The zero-order chi connectivity index (χ0) is 32.8. The first-order valence-electron chi connectivity index (χ1n) is 15.7. The standard InChI is InChI=1S/C40H28N2O6/c43-31-17-21(41-27-13-5-1-9-23(27)24-10-2-6-14-28(24)41)18-32(44)35(31)37-39(47)38(40(37)48)36-33(45)19-22(20-34(36)46)42-29-15-7-3-11-25(29)26-12-4-8-16-30(26)42/h1-20,37-40,43-46H/q-2. The van der Waals surface area contributed by atoms with Crippen molar-refractivity contribution in [2.45, 2.75) is 24.0 Å². The lowest BCUT2D eigenvalue weighted by Gasteiger charge is -2.61. The van der Waals surface area contributed by atoms with E-state index < -0.39 is 24.0 Å². The minimum Gasteiger partial charge on any atom is -0.851 e. The average molecular weight is 633 g/mol. The predicted octanol–water partition coefficient (Wildman–Crippen LogP) is 6.04. The number of benzene rings is 6. The number of nitrogens with zero attached hydrogens (tertiary/aromatic N) is 2. The monoisotopic (exact) mass is 632 g/mol. The first-order valence-corrected chi connectivity index (χ1v) is 15.7. The van der Waals surface area contributed by atoms with E-state index in [1.807, 2.05) is 106 Å². The lowest BCUT2D eigenvalue weighted by atomic mass is 9.62. The van der Waals surface area contributed by atoms with Gasteiger partial charge < -0.3 is 39.8 Å². The number of fused-ring (bicyclic) bond motifs is 6. The van der Waals surface area contributed by atoms with Crippen LogP contribution in [0.4, 0.5) is 0 Å². The van der Waals surface area contributed by atoms with Gasteiger partial charge in [0.15, 0.2) is 0 Å². The molecule has 0 spiro atoms. The third-order valence-corrected chi connectivity index (χ3v) is 10.0. The molecule has 0 atom stereocenters. The molecule has 0 unspecified atom stereocenters. The summed E-state index contributed by atoms with van der Waals surface area (Å²) in [7, 11) is 0. The van der Waals surface area contributed by atoms with Crippen LogP contribution in [0.3, 0.4) is 0 Å². The molecule has 6 aromatic carbocycles. The van der Waals surface area contributed by atoms with Crippen LogP contribution in [0.1, 0.15) is 23.0 Å². The second-order valence-corrected chi connectivity index (χ2v) is 12.5. The van der Waals surface area contributed by atoms with Crippen LogP contribution in [0.25, 0.3) is 55.0 Å². The van der Waals surface area contributed by atoms with E-state index in [4.69, 9.17) is 0 Å². The van der Waals surface area contributed by atoms with Gasteiger partial charge in [-0.1, -0.05) is 72.8 Å². The molecule has 8 heteroatoms. The lowest BCUT2D eigenvalue weighted by molar-refractivity contribution is -0.536. The van der Waals surface area contributed by atoms with Crippen LogP contribution < -0.4 is 10.2 Å². The molecule has 48 heavy (non-hydrogen) atoms. The number of para-hydroxylation sites is 4. The molecule has 0 radical (unpaired) electrons. The molecule has 1 saturated carbocycles. The highest BCUT2D eigenvalue weighted by molar-refractivity contribution is 6.10. The fourth-order valence-electron chi connectivity index (χ4n) is 7.89. The Hall–Kier alpha value is -5.96. The van der Waals surface area contributed by atoms with Gasteiger partial charge in [0.05, 0.1) is 33.4 Å². The normalized spacial score (nSPS) is 19.4. The van der Waals surface area contributed by atoms with Crippen molar-refractivity contribution in [3.8, 4) is 34.4 Å². The van der Waals surface area contributed by atoms with Gasteiger partial charge in [0.2, 0.25) is 0 Å². The molecule has 0 bridgehead atoms. The molecule has 9 rings (SSSR count). The molecule has 4 N–H and O–H groups in total. The Morgan fingerprint density at radius 1 is 0.396 bits per heavy atom. The van der Waals surface area contributed by atoms with E-state index in [1.165, 1.54) is 24.3 Å². The first-order chi connectivity index (χ1) is 23.3. The SMILES string of the molecule is [O-]C1C(c2c(O)cc(-n3c4ccccc4c4ccccc43)cc2O)C([O-])C1c1c(O)cc(-n2c3ccccc3c3ccccc32)cc1O. The number of phenols is 4. The summed E-state index contributed by atoms with van der Waals surface area (Å²) in [6, 6.07) is 37.0. The van der Waals surface area contributed by atoms with Crippen LogP contribution in [-0.2, 0) is 0 Å². The minimum absolute atomic E-state index is 0.128. The van der Waals surface area contributed by atoms with Crippen molar-refractivity contribution in [3.05, 3.63) is 132 Å². The molecule has 8 aromatic rings. The fourth-order valence-corrected chi connectivity index (χ4v) is 7.89. The van der Waals surface area contributed by atoms with Crippen molar-refractivity contribution < 1.29 is 30.6 Å². The maximum atomic E-state index is 13.7. The average Bonchev–Trinajstić information content (AvgIpc) is 3.61. The Labute approximate surface area is 273 Å². The highest BCUT2D eigenvalue weighted by Gasteiger charge is 2.43. The summed E-state index contributed by atoms with van der Waals surface area (Å²) in [5.41, 5.74) is 4.17. The van der Waals surface area contributed by atoms with E-state index in [0.717, 1.165) is 43.6 Å². The van der Waals surface area contributed by atoms with Crippen LogP contribution in [-0.4, -0.2) is 41.8 Å². The Bertz CT molecular complexity index is 2240. The van der Waals surface area contributed by atoms with Crippen LogP contribution in [0.5, 0.6) is 23.0 Å². The second-order valence-electron chi connectivity index (χ2n) is 12.5. The highest BCUT2D eigenvalue weighted by atomic mass is 16.3. The maximum Gasteiger partial charge on any atom is 0.124 e. The summed E-state index contributed by atoms with van der Waals surface area (Å²) in [5.74, 6) is -4.06. The van der Waals surface area contributed by atoms with Gasteiger partial charge >= 0.3 is 0 Å². The van der Waals surface area contributed by atoms with Crippen LogP contribution in [0, 0.1) is 0 Å². The zero-order valence-corrected chi connectivity index (χ0v) is 25.4. The third-order valence-electron chi connectivity index (χ3n) is 10.0. The van der Waals surface area contributed by atoms with Crippen molar-refractivity contribution in [2.24, 2.45) is 0 Å². The molecule has 0 aliphatic heterocycles. The van der Waals surface area contributed by atoms with Gasteiger partial charge in [-0.3, -0.25) is 0 Å². The van der Waals surface area contributed by atoms with Gasteiger partial charge in [-0.25, -0.2) is 0 Å². The van der Waals surface area contributed by atoms with Crippen molar-refractivity contribution in [2.75, 3.05) is 0 Å². The van der Waals surface area contributed by atoms with E-state index in [-0.39, 0.29) is 34.1 Å². The summed E-state index contributed by atoms with van der Waals surface area (Å²) >= 11 is 0. The molecule has 2 heterocycles. The fraction of sp³-hybridized carbons (Fsp3) is 0.100. The number of hydrogen-bond donors (Lipinski definition) is 4. The van der Waals surface area contributed by atoms with Crippen molar-refractivity contribution in [3.63, 3.8) is 0 Å². The van der Waals surface area contributed by atoms with E-state index in [2.05, 4.69) is 0 Å². The predicted molar refractivity (Wildman–Crippen MR) is 181 cm³/mol. The molecule has 1 fully saturated rings. The van der Waals surface area contributed by atoms with E-state index in [0.29, 0.717) is 11.4 Å². The zero-order valence-electron chi connectivity index (χ0n) is 25.4. The number of rotatable bonds is 4. The molecular weight excluding hydrogens is 604 g/mol. The van der Waals surface area contributed by atoms with Gasteiger partial charge in [0.1, 0.15) is 23.0 Å². The van der Waals surface area contributed by atoms with E-state index in [1.54, 1.807) is 0 Å². The quantitative estimate of drug-likeness (QED) is 0.187. The van der Waals surface area contributed by atoms with Gasteiger partial charge in [-0.15, -0.1) is 12.2 Å². The van der Waals surface area contributed by atoms with Crippen molar-refractivity contribution in [1.82, 2.24) is 9.13 Å². The Balaban J connectivity index is 1.08. The Morgan fingerprint density at radius 2 is 0.646 bits per heavy atom. The Morgan fingerprint density at radius 3 is 0.917 bits per heavy atom. The van der Waals surface area contributed by atoms with Gasteiger partial charge in [0.25, 0.3) is 0 Å². The van der Waals surface area contributed by atoms with E-state index in [9.17, 15) is 30.6 Å². The topological polar surface area (TPSA) is 137 Å². The molecule has 1 aliphatic rings. The van der Waals surface area contributed by atoms with Crippen LogP contribution >= 0.6 is 0 Å². The highest BCUT2D eigenvalue weighted by Crippen LogP contribution is 2.54. The minimum atomic E-state index is -1.64. The van der Waals surface area contributed by atoms with Gasteiger partial charge in [-0.2, -0.15) is 0 Å². The largest absolute Gasteiger partial charge is 0.851 e. The third kappa shape index (κ3) is 3.84. The summed E-state index contributed by atoms with van der Waals surface area (Å²) in [6.07, 6.45) is -3.28. The number of aromatic hydroxyl groups is 4. The van der Waals surface area contributed by atoms with Crippen molar-refractivity contribution in [1.29, 1.82) is 0 Å². The lowest BCUT2D eigenvalue weighted by Crippen LogP contribution is -2.63. The molecular formula is C40H28N2O6-2. The summed E-state index contributed by atoms with van der Waals surface area (Å²) < 4.78 is 3.82. The number of aromatic nitrogens is 2. The Kier molecular flexibility index (Phi) is 6.05. The summed E-state index contributed by atoms with van der Waals surface area (Å²) in [4.78, 5) is 0. The molecule has 236 valence electrons. The smallest absolute Gasteiger partial charge is 0.124 e. The molecule has 2 aromatic heterocycles. The number of phenolic OH excluding ortho intramolecular Hbond substituents is 4. The molecule has 0 amide bonds. The molecule has 0 saturated heterocycles. The van der Waals surface area contributed by atoms with Crippen molar-refractivity contribution >= 4 is 43.6 Å². The van der Waals surface area contributed by atoms with Gasteiger partial charge in [0, 0.05) is 56.9 Å². The first kappa shape index (κ1) is 28.3. The summed E-state index contributed by atoms with van der Waals surface area (Å²) in [5, 5.41) is 76.3. The van der Waals surface area contributed by atoms with E-state index >= 15 is 0 Å². The molecule has 1 aliphatic carbocycles. The number of hydrogen-bond acceptors (Lipinski definition) is 6. The second kappa shape index (κ2) is 10.3. The maximum absolute atomic E-state index is 13.7.